The fourth-order valence-corrected chi connectivity index (χ4v) is 3.40. The second-order valence-corrected chi connectivity index (χ2v) is 8.49. The van der Waals surface area contributed by atoms with Gasteiger partial charge in [0.25, 0.3) is 0 Å². The molecule has 8 heteroatoms. The lowest BCUT2D eigenvalue weighted by Gasteiger charge is -2.30. The second kappa shape index (κ2) is 19.1. The average Bonchev–Trinajstić information content (AvgIpc) is 2.58. The van der Waals surface area contributed by atoms with Crippen LogP contribution in [0.15, 0.2) is 11.6 Å². The van der Waals surface area contributed by atoms with Gasteiger partial charge in [0.05, 0.1) is 6.17 Å². The van der Waals surface area contributed by atoms with Gasteiger partial charge < -0.3 is 34.8 Å². The summed E-state index contributed by atoms with van der Waals surface area (Å²) in [4.78, 5) is 13.3. The van der Waals surface area contributed by atoms with E-state index < -0.39 is 0 Å². The number of allylic oxidation sites excluding steroid dienone is 2. The van der Waals surface area contributed by atoms with Crippen molar-refractivity contribution in [2.75, 3.05) is 39.3 Å². The normalized spacial score (nSPS) is 19.1. The summed E-state index contributed by atoms with van der Waals surface area (Å²) < 4.78 is 0. The topological polar surface area (TPSA) is 180 Å². The Bertz CT molecular complexity index is 413. The Morgan fingerprint density at radius 2 is 1.52 bits per heavy atom. The second-order valence-electron chi connectivity index (χ2n) is 8.49. The van der Waals surface area contributed by atoms with Gasteiger partial charge >= 0.3 is 0 Å². The van der Waals surface area contributed by atoms with Gasteiger partial charge in [-0.1, -0.05) is 32.3 Å². The van der Waals surface area contributed by atoms with Crippen molar-refractivity contribution in [2.45, 2.75) is 72.4 Å². The Hall–Kier alpha value is -0.870. The van der Waals surface area contributed by atoms with E-state index in [1.54, 1.807) is 6.08 Å². The summed E-state index contributed by atoms with van der Waals surface area (Å²) in [6.45, 7) is 14.3. The summed E-state index contributed by atoms with van der Waals surface area (Å²) in [6, 6.07) is 0. The lowest BCUT2D eigenvalue weighted by molar-refractivity contribution is -0.117. The molecule has 0 radical (unpaired) electrons. The number of rotatable bonds is 6. The van der Waals surface area contributed by atoms with Crippen LogP contribution < -0.4 is 34.8 Å². The van der Waals surface area contributed by atoms with Crippen molar-refractivity contribution >= 4 is 5.78 Å². The highest BCUT2D eigenvalue weighted by atomic mass is 16.1. The molecule has 1 atom stereocenters. The average molecular weight is 418 g/mol. The first kappa shape index (κ1) is 32.8. The lowest BCUT2D eigenvalue weighted by Crippen LogP contribution is -2.50. The Morgan fingerprint density at radius 1 is 1.03 bits per heavy atom. The molecule has 29 heavy (non-hydrogen) atoms. The van der Waals surface area contributed by atoms with E-state index in [0.717, 1.165) is 58.5 Å². The third-order valence-corrected chi connectivity index (χ3v) is 4.70. The van der Waals surface area contributed by atoms with Crippen LogP contribution in [0.2, 0.25) is 0 Å². The zero-order chi connectivity index (χ0) is 20.7. The fraction of sp³-hybridized carbons (Fsp3) is 0.857. The minimum atomic E-state index is 0. The van der Waals surface area contributed by atoms with Crippen molar-refractivity contribution in [3.63, 3.8) is 0 Å². The molecule has 0 aromatic rings. The number of nitrogens with zero attached hydrogens (tertiary/aromatic N) is 1. The Balaban J connectivity index is -0.000000341. The molecule has 1 fully saturated rings. The molecule has 176 valence electrons. The molecule has 0 aromatic carbocycles. The number of carbonyl (C=O) groups excluding carboxylic acids is 1. The van der Waals surface area contributed by atoms with Gasteiger partial charge in [-0.2, -0.15) is 0 Å². The van der Waals surface area contributed by atoms with E-state index in [1.807, 2.05) is 13.8 Å². The monoisotopic (exact) mass is 417 g/mol. The van der Waals surface area contributed by atoms with E-state index in [4.69, 9.17) is 17.2 Å². The first-order valence-corrected chi connectivity index (χ1v) is 10.5. The summed E-state index contributed by atoms with van der Waals surface area (Å²) in [5.74, 6) is 0.286. The lowest BCUT2D eigenvalue weighted by atomic mass is 9.77. The number of ketones is 1. The third kappa shape index (κ3) is 18.9. The third-order valence-electron chi connectivity index (χ3n) is 4.70. The van der Waals surface area contributed by atoms with Crippen molar-refractivity contribution < 1.29 is 4.79 Å². The van der Waals surface area contributed by atoms with E-state index in [2.05, 4.69) is 24.1 Å². The predicted octanol–water partition coefficient (Wildman–Crippen LogP) is 2.31. The molecule has 1 aliphatic carbocycles. The maximum Gasteiger partial charge on any atom is 0.156 e. The van der Waals surface area contributed by atoms with Gasteiger partial charge in [0.2, 0.25) is 0 Å². The van der Waals surface area contributed by atoms with E-state index in [0.29, 0.717) is 6.42 Å². The van der Waals surface area contributed by atoms with E-state index >= 15 is 0 Å². The van der Waals surface area contributed by atoms with Crippen LogP contribution in [0.4, 0.5) is 0 Å². The van der Waals surface area contributed by atoms with Gasteiger partial charge in [0.1, 0.15) is 0 Å². The quantitative estimate of drug-likeness (QED) is 0.356. The zero-order valence-electron chi connectivity index (χ0n) is 19.6. The van der Waals surface area contributed by atoms with Gasteiger partial charge in [0.15, 0.2) is 5.78 Å². The molecule has 1 aliphatic heterocycles. The molecule has 1 unspecified atom stereocenters. The Kier molecular flexibility index (Phi) is 21.6. The van der Waals surface area contributed by atoms with Gasteiger partial charge in [-0.25, -0.2) is 0 Å². The first-order valence-electron chi connectivity index (χ1n) is 10.5. The molecule has 0 amide bonds. The highest BCUT2D eigenvalue weighted by Crippen LogP contribution is 2.32. The molecule has 2 aliphatic rings. The number of piperazine rings is 1. The maximum absolute atomic E-state index is 11.0. The molecule has 1 saturated heterocycles. The number of hydrogen-bond acceptors (Lipinski definition) is 8. The van der Waals surface area contributed by atoms with E-state index in [1.165, 1.54) is 18.4 Å². The van der Waals surface area contributed by atoms with Gasteiger partial charge in [-0.15, -0.1) is 0 Å². The highest BCUT2D eigenvalue weighted by molar-refractivity contribution is 5.91. The summed E-state index contributed by atoms with van der Waals surface area (Å²) in [5, 5.41) is 3.27. The summed E-state index contributed by atoms with van der Waals surface area (Å²) in [7, 11) is 0. The van der Waals surface area contributed by atoms with Gasteiger partial charge in [0, 0.05) is 32.6 Å². The molecule has 13 N–H and O–H groups in total. The minimum absolute atomic E-state index is 0. The van der Waals surface area contributed by atoms with Crippen molar-refractivity contribution in [1.82, 2.24) is 22.5 Å². The summed E-state index contributed by atoms with van der Waals surface area (Å²) in [6.07, 6.45) is 8.57. The van der Waals surface area contributed by atoms with Crippen LogP contribution in [0.5, 0.6) is 0 Å². The van der Waals surface area contributed by atoms with Crippen molar-refractivity contribution in [2.24, 2.45) is 22.6 Å². The maximum atomic E-state index is 11.0. The molecule has 0 bridgehead atoms. The van der Waals surface area contributed by atoms with Crippen molar-refractivity contribution in [1.29, 1.82) is 0 Å². The molecule has 8 nitrogen and oxygen atoms in total. The van der Waals surface area contributed by atoms with Crippen molar-refractivity contribution in [3.8, 4) is 0 Å². The van der Waals surface area contributed by atoms with E-state index in [-0.39, 0.29) is 29.7 Å². The molecule has 0 aromatic heterocycles. The highest BCUT2D eigenvalue weighted by Gasteiger charge is 2.25. The molecule has 0 saturated carbocycles. The van der Waals surface area contributed by atoms with E-state index in [9.17, 15) is 4.79 Å². The Labute approximate surface area is 179 Å². The first-order chi connectivity index (χ1) is 12.7. The molecule has 1 heterocycles. The SMILES string of the molecule is CC(N)N1CCNCC1.CC1=CC(=O)CC(C)(C)C1.N.N.NCCCCCCN. The Morgan fingerprint density at radius 3 is 1.83 bits per heavy atom. The van der Waals surface area contributed by atoms with Gasteiger partial charge in [-0.3, -0.25) is 9.69 Å². The molecule has 2 rings (SSSR count). The predicted molar refractivity (Wildman–Crippen MR) is 126 cm³/mol. The standard InChI is InChI=1S/C9H14O.C6H15N3.C6H16N2.2H3N/c1-7-4-8(10)6-9(2,3)5-7;1-6(7)9-4-2-8-3-5-9;7-5-3-1-2-4-6-8;;/h4H,5-6H2,1-3H3;6,8H,2-5,7H2,1H3;1-8H2;2*1H3. The molecular weight excluding hydrogens is 366 g/mol. The molecule has 0 spiro atoms. The minimum Gasteiger partial charge on any atom is -0.344 e. The van der Waals surface area contributed by atoms with Crippen LogP contribution >= 0.6 is 0 Å². The van der Waals surface area contributed by atoms with Crippen LogP contribution in [0, 0.1) is 5.41 Å². The summed E-state index contributed by atoms with van der Waals surface area (Å²) >= 11 is 0. The smallest absolute Gasteiger partial charge is 0.156 e. The van der Waals surface area contributed by atoms with Crippen LogP contribution in [0.25, 0.3) is 0 Å². The van der Waals surface area contributed by atoms with Gasteiger partial charge in [-0.05, 0) is 57.7 Å². The van der Waals surface area contributed by atoms with Crippen LogP contribution in [0.3, 0.4) is 0 Å². The fourth-order valence-electron chi connectivity index (χ4n) is 3.40. The number of nitrogens with two attached hydrogens (primary N) is 3. The number of hydrogen-bond donors (Lipinski definition) is 6. The van der Waals surface area contributed by atoms with Crippen LogP contribution in [0.1, 0.15) is 66.2 Å². The van der Waals surface area contributed by atoms with Crippen LogP contribution in [-0.4, -0.2) is 56.1 Å². The number of unbranched alkanes of at least 4 members (excludes halogenated alkanes) is 3. The summed E-state index contributed by atoms with van der Waals surface area (Å²) in [5.41, 5.74) is 17.7. The largest absolute Gasteiger partial charge is 0.344 e. The van der Waals surface area contributed by atoms with Crippen molar-refractivity contribution in [3.05, 3.63) is 11.6 Å². The zero-order valence-corrected chi connectivity index (χ0v) is 19.6. The van der Waals surface area contributed by atoms with Crippen LogP contribution in [-0.2, 0) is 4.79 Å². The number of nitrogens with one attached hydrogen (secondary N) is 1. The molecular formula is C21H51N7O. The number of carbonyl (C=O) groups is 1.